The molecule has 0 unspecified atom stereocenters. The minimum atomic E-state index is -0.382. The van der Waals surface area contributed by atoms with Crippen molar-refractivity contribution >= 4 is 21.6 Å². The van der Waals surface area contributed by atoms with Gasteiger partial charge in [0.2, 0.25) is 6.23 Å². The van der Waals surface area contributed by atoms with Gasteiger partial charge in [0.1, 0.15) is 17.2 Å². The van der Waals surface area contributed by atoms with Crippen LogP contribution in [0, 0.1) is 0 Å². The average Bonchev–Trinajstić information content (AvgIpc) is 3.25. The number of ether oxygens (including phenoxy) is 3. The fraction of sp³-hybridized carbons (Fsp3) is 0.240. The molecule has 0 saturated heterocycles. The van der Waals surface area contributed by atoms with Crippen molar-refractivity contribution in [3.8, 4) is 17.2 Å². The van der Waals surface area contributed by atoms with Crippen LogP contribution >= 0.6 is 15.9 Å². The number of rotatable bonds is 5. The monoisotopic (exact) mass is 478 g/mol. The van der Waals surface area contributed by atoms with Crippen LogP contribution in [-0.4, -0.2) is 24.4 Å². The molecule has 6 heteroatoms. The molecule has 31 heavy (non-hydrogen) atoms. The summed E-state index contributed by atoms with van der Waals surface area (Å²) in [5, 5.41) is 7.10. The van der Waals surface area contributed by atoms with E-state index in [-0.39, 0.29) is 12.3 Å². The van der Waals surface area contributed by atoms with E-state index in [4.69, 9.17) is 19.3 Å². The fourth-order valence-corrected chi connectivity index (χ4v) is 4.60. The SMILES string of the molecule is CCOc1ccc(C2=NN3[C@H](C2)c2ccccc2O[C@@H]3c2cc(Br)ccc2OC)cc1. The predicted molar refractivity (Wildman–Crippen MR) is 124 cm³/mol. The van der Waals surface area contributed by atoms with Crippen LogP contribution in [-0.2, 0) is 0 Å². The maximum absolute atomic E-state index is 6.46. The molecule has 2 atom stereocenters. The molecule has 2 aliphatic heterocycles. The maximum atomic E-state index is 6.46. The first kappa shape index (κ1) is 19.9. The van der Waals surface area contributed by atoms with Gasteiger partial charge in [-0.1, -0.05) is 34.1 Å². The van der Waals surface area contributed by atoms with Gasteiger partial charge in [-0.15, -0.1) is 0 Å². The highest BCUT2D eigenvalue weighted by Gasteiger charge is 2.41. The molecule has 0 aliphatic carbocycles. The van der Waals surface area contributed by atoms with E-state index in [0.717, 1.165) is 50.5 Å². The van der Waals surface area contributed by atoms with Gasteiger partial charge in [0.05, 0.1) is 31.0 Å². The maximum Gasteiger partial charge on any atom is 0.217 e. The summed E-state index contributed by atoms with van der Waals surface area (Å²) >= 11 is 3.59. The van der Waals surface area contributed by atoms with Gasteiger partial charge in [0, 0.05) is 16.5 Å². The van der Waals surface area contributed by atoms with Crippen molar-refractivity contribution in [3.05, 3.63) is 87.9 Å². The zero-order chi connectivity index (χ0) is 21.4. The molecule has 0 saturated carbocycles. The molecule has 0 aromatic heterocycles. The van der Waals surface area contributed by atoms with Crippen LogP contribution < -0.4 is 14.2 Å². The molecular formula is C25H23BrN2O3. The number of fused-ring (bicyclic) bond motifs is 3. The Morgan fingerprint density at radius 3 is 2.65 bits per heavy atom. The summed E-state index contributed by atoms with van der Waals surface area (Å²) in [5.41, 5.74) is 4.22. The second-order valence-corrected chi connectivity index (χ2v) is 8.41. The number of hydrazone groups is 1. The third-order valence-corrected chi connectivity index (χ3v) is 6.15. The van der Waals surface area contributed by atoms with Crippen LogP contribution in [0.4, 0.5) is 0 Å². The zero-order valence-electron chi connectivity index (χ0n) is 17.4. The first-order valence-electron chi connectivity index (χ1n) is 10.4. The summed E-state index contributed by atoms with van der Waals surface area (Å²) in [4.78, 5) is 0. The van der Waals surface area contributed by atoms with Crippen LogP contribution in [0.2, 0.25) is 0 Å². The highest BCUT2D eigenvalue weighted by molar-refractivity contribution is 9.10. The first-order valence-corrected chi connectivity index (χ1v) is 11.1. The molecule has 3 aromatic carbocycles. The largest absolute Gasteiger partial charge is 0.496 e. The normalized spacial score (nSPS) is 19.2. The van der Waals surface area contributed by atoms with E-state index in [1.165, 1.54) is 0 Å². The molecular weight excluding hydrogens is 456 g/mol. The number of methoxy groups -OCH3 is 1. The summed E-state index contributed by atoms with van der Waals surface area (Å²) in [6.07, 6.45) is 0.425. The van der Waals surface area contributed by atoms with Gasteiger partial charge >= 0.3 is 0 Å². The van der Waals surface area contributed by atoms with E-state index in [1.54, 1.807) is 7.11 Å². The third kappa shape index (κ3) is 3.65. The summed E-state index contributed by atoms with van der Waals surface area (Å²) in [7, 11) is 1.68. The molecule has 5 nitrogen and oxygen atoms in total. The van der Waals surface area contributed by atoms with Crippen LogP contribution in [0.25, 0.3) is 0 Å². The smallest absolute Gasteiger partial charge is 0.217 e. The minimum absolute atomic E-state index is 0.0974. The number of nitrogens with zero attached hydrogens (tertiary/aromatic N) is 2. The second-order valence-electron chi connectivity index (χ2n) is 7.50. The highest BCUT2D eigenvalue weighted by atomic mass is 79.9. The highest BCUT2D eigenvalue weighted by Crippen LogP contribution is 2.49. The Morgan fingerprint density at radius 2 is 1.87 bits per heavy atom. The molecule has 0 radical (unpaired) electrons. The Morgan fingerprint density at radius 1 is 1.06 bits per heavy atom. The summed E-state index contributed by atoms with van der Waals surface area (Å²) in [6, 6.07) is 22.4. The lowest BCUT2D eigenvalue weighted by Crippen LogP contribution is -2.33. The van der Waals surface area contributed by atoms with Gasteiger partial charge in [-0.25, -0.2) is 5.01 Å². The Labute approximate surface area is 190 Å². The van der Waals surface area contributed by atoms with Gasteiger partial charge in [0.15, 0.2) is 0 Å². The number of benzene rings is 3. The molecule has 3 aromatic rings. The summed E-state index contributed by atoms with van der Waals surface area (Å²) < 4.78 is 18.7. The number of hydrogen-bond acceptors (Lipinski definition) is 5. The number of halogens is 1. The van der Waals surface area contributed by atoms with Crippen LogP contribution in [0.5, 0.6) is 17.2 Å². The second kappa shape index (κ2) is 8.27. The van der Waals surface area contributed by atoms with E-state index < -0.39 is 0 Å². The zero-order valence-corrected chi connectivity index (χ0v) is 19.0. The molecule has 158 valence electrons. The van der Waals surface area contributed by atoms with E-state index in [9.17, 15) is 0 Å². The average molecular weight is 479 g/mol. The van der Waals surface area contributed by atoms with Crippen molar-refractivity contribution in [2.24, 2.45) is 5.10 Å². The first-order chi connectivity index (χ1) is 15.2. The molecule has 0 fully saturated rings. The molecule has 0 spiro atoms. The number of para-hydroxylation sites is 1. The van der Waals surface area contributed by atoms with Gasteiger partial charge in [0.25, 0.3) is 0 Å². The van der Waals surface area contributed by atoms with Gasteiger partial charge in [-0.05, 0) is 61.0 Å². The minimum Gasteiger partial charge on any atom is -0.496 e. The van der Waals surface area contributed by atoms with Crippen molar-refractivity contribution in [1.29, 1.82) is 0 Å². The lowest BCUT2D eigenvalue weighted by molar-refractivity contribution is -0.0203. The van der Waals surface area contributed by atoms with Crippen LogP contribution in [0.1, 0.15) is 42.3 Å². The Kier molecular flexibility index (Phi) is 5.32. The summed E-state index contributed by atoms with van der Waals surface area (Å²) in [6.45, 7) is 2.64. The predicted octanol–water partition coefficient (Wildman–Crippen LogP) is 6.10. The van der Waals surface area contributed by atoms with Crippen LogP contribution in [0.3, 0.4) is 0 Å². The topological polar surface area (TPSA) is 43.3 Å². The Balaban J connectivity index is 1.57. The van der Waals surface area contributed by atoms with E-state index in [0.29, 0.717) is 6.61 Å². The van der Waals surface area contributed by atoms with E-state index in [2.05, 4.69) is 45.2 Å². The standard InChI is InChI=1S/C25H23BrN2O3/c1-3-30-18-11-8-16(9-12-18)21-15-22-19-6-4-5-7-24(19)31-25(28(22)27-21)20-14-17(26)10-13-23(20)29-2/h4-14,22,25H,3,15H2,1-2H3/t22-,25-/m1/s1. The molecule has 5 rings (SSSR count). The lowest BCUT2D eigenvalue weighted by Gasteiger charge is -2.38. The lowest BCUT2D eigenvalue weighted by atomic mass is 9.96. The summed E-state index contributed by atoms with van der Waals surface area (Å²) in [5.74, 6) is 2.53. The van der Waals surface area contributed by atoms with Crippen molar-refractivity contribution < 1.29 is 14.2 Å². The third-order valence-electron chi connectivity index (χ3n) is 5.66. The molecule has 0 N–H and O–H groups in total. The van der Waals surface area contributed by atoms with Crippen molar-refractivity contribution in [3.63, 3.8) is 0 Å². The Hall–Kier alpha value is -2.99. The van der Waals surface area contributed by atoms with Gasteiger partial charge in [-0.2, -0.15) is 5.10 Å². The van der Waals surface area contributed by atoms with Crippen molar-refractivity contribution in [2.75, 3.05) is 13.7 Å². The van der Waals surface area contributed by atoms with E-state index in [1.807, 2.05) is 49.4 Å². The molecule has 0 amide bonds. The van der Waals surface area contributed by atoms with E-state index >= 15 is 0 Å². The van der Waals surface area contributed by atoms with Crippen molar-refractivity contribution in [2.45, 2.75) is 25.6 Å². The molecule has 2 aliphatic rings. The van der Waals surface area contributed by atoms with Crippen LogP contribution in [0.15, 0.2) is 76.3 Å². The quantitative estimate of drug-likeness (QED) is 0.444. The van der Waals surface area contributed by atoms with Gasteiger partial charge < -0.3 is 14.2 Å². The van der Waals surface area contributed by atoms with Crippen molar-refractivity contribution in [1.82, 2.24) is 5.01 Å². The Bertz CT molecular complexity index is 1130. The fourth-order valence-electron chi connectivity index (χ4n) is 4.22. The molecule has 0 bridgehead atoms. The molecule has 2 heterocycles. The van der Waals surface area contributed by atoms with Gasteiger partial charge in [-0.3, -0.25) is 0 Å². The number of hydrogen-bond donors (Lipinski definition) is 0.